The first-order valence-electron chi connectivity index (χ1n) is 5.71. The van der Waals surface area contributed by atoms with Crippen molar-refractivity contribution in [1.82, 2.24) is 4.57 Å². The van der Waals surface area contributed by atoms with Crippen LogP contribution in [0.1, 0.15) is 11.3 Å². The minimum absolute atomic E-state index is 0.0913. The van der Waals surface area contributed by atoms with E-state index in [0.717, 1.165) is 11.4 Å². The van der Waals surface area contributed by atoms with E-state index in [1.807, 2.05) is 35.8 Å². The van der Waals surface area contributed by atoms with Crippen molar-refractivity contribution in [2.75, 3.05) is 7.11 Å². The summed E-state index contributed by atoms with van der Waals surface area (Å²) in [5, 5.41) is 0. The van der Waals surface area contributed by atoms with E-state index in [2.05, 4.69) is 0 Å². The third-order valence-electron chi connectivity index (χ3n) is 2.85. The molecule has 0 amide bonds. The highest BCUT2D eigenvalue weighted by Gasteiger charge is 2.10. The standard InChI is InChI=1S/C14H14N2O2S/c1-9-7-12(17)10(14(15)19)8-16(9)11-5-3-4-6-13(11)18-2/h3-8H,1-2H3,(H2,15,19). The van der Waals surface area contributed by atoms with E-state index in [-0.39, 0.29) is 10.4 Å². The zero-order valence-electron chi connectivity index (χ0n) is 10.7. The van der Waals surface area contributed by atoms with Crippen LogP contribution in [0, 0.1) is 6.92 Å². The second-order valence-corrected chi connectivity index (χ2v) is 4.54. The molecule has 0 aliphatic heterocycles. The van der Waals surface area contributed by atoms with E-state index < -0.39 is 0 Å². The molecule has 5 heteroatoms. The number of aryl methyl sites for hydroxylation is 1. The van der Waals surface area contributed by atoms with Gasteiger partial charge in [-0.3, -0.25) is 4.79 Å². The molecular weight excluding hydrogens is 260 g/mol. The van der Waals surface area contributed by atoms with Gasteiger partial charge in [0.2, 0.25) is 0 Å². The maximum absolute atomic E-state index is 11.8. The number of para-hydroxylation sites is 2. The molecule has 2 aromatic rings. The fourth-order valence-corrected chi connectivity index (χ4v) is 2.06. The Labute approximate surface area is 116 Å². The van der Waals surface area contributed by atoms with Crippen molar-refractivity contribution in [2.24, 2.45) is 5.73 Å². The van der Waals surface area contributed by atoms with Crippen LogP contribution >= 0.6 is 12.2 Å². The number of thiocarbonyl (C=S) groups is 1. The van der Waals surface area contributed by atoms with Gasteiger partial charge in [0.1, 0.15) is 10.7 Å². The summed E-state index contributed by atoms with van der Waals surface area (Å²) in [5.41, 5.74) is 7.34. The van der Waals surface area contributed by atoms with Gasteiger partial charge in [0.15, 0.2) is 5.43 Å². The average Bonchev–Trinajstić information content (AvgIpc) is 2.38. The highest BCUT2D eigenvalue weighted by molar-refractivity contribution is 7.80. The third kappa shape index (κ3) is 2.51. The number of nitrogens with two attached hydrogens (primary N) is 1. The highest BCUT2D eigenvalue weighted by atomic mass is 32.1. The molecule has 0 atom stereocenters. The summed E-state index contributed by atoms with van der Waals surface area (Å²) in [5.74, 6) is 0.711. The highest BCUT2D eigenvalue weighted by Crippen LogP contribution is 2.23. The number of hydrogen-bond donors (Lipinski definition) is 1. The molecule has 0 saturated heterocycles. The summed E-state index contributed by atoms with van der Waals surface area (Å²) < 4.78 is 7.16. The van der Waals surface area contributed by atoms with Gasteiger partial charge >= 0.3 is 0 Å². The lowest BCUT2D eigenvalue weighted by Gasteiger charge is -2.15. The topological polar surface area (TPSA) is 57.2 Å². The number of rotatable bonds is 3. The molecule has 2 rings (SSSR count). The number of ether oxygens (including phenoxy) is 1. The first-order valence-corrected chi connectivity index (χ1v) is 6.12. The molecule has 2 N–H and O–H groups in total. The Kier molecular flexibility index (Phi) is 3.66. The molecular formula is C14H14N2O2S. The fraction of sp³-hybridized carbons (Fsp3) is 0.143. The van der Waals surface area contributed by atoms with Gasteiger partial charge in [-0.05, 0) is 19.1 Å². The summed E-state index contributed by atoms with van der Waals surface area (Å²) in [6.45, 7) is 1.84. The Morgan fingerprint density at radius 2 is 2.05 bits per heavy atom. The van der Waals surface area contributed by atoms with Crippen LogP contribution in [-0.4, -0.2) is 16.7 Å². The molecule has 0 aliphatic rings. The maximum Gasteiger partial charge on any atom is 0.192 e. The molecule has 0 spiro atoms. The number of aromatic nitrogens is 1. The van der Waals surface area contributed by atoms with E-state index in [4.69, 9.17) is 22.7 Å². The van der Waals surface area contributed by atoms with Crippen molar-refractivity contribution in [2.45, 2.75) is 6.92 Å². The van der Waals surface area contributed by atoms with Crippen LogP contribution in [0.25, 0.3) is 5.69 Å². The Morgan fingerprint density at radius 3 is 2.68 bits per heavy atom. The molecule has 4 nitrogen and oxygen atoms in total. The molecule has 0 unspecified atom stereocenters. The van der Waals surface area contributed by atoms with Crippen molar-refractivity contribution in [3.63, 3.8) is 0 Å². The van der Waals surface area contributed by atoms with Gasteiger partial charge in [-0.2, -0.15) is 0 Å². The van der Waals surface area contributed by atoms with Crippen molar-refractivity contribution in [3.8, 4) is 11.4 Å². The molecule has 0 aliphatic carbocycles. The summed E-state index contributed by atoms with van der Waals surface area (Å²) in [6, 6.07) is 9.05. The summed E-state index contributed by atoms with van der Waals surface area (Å²) in [7, 11) is 1.60. The quantitative estimate of drug-likeness (QED) is 0.867. The fourth-order valence-electron chi connectivity index (χ4n) is 1.90. The number of methoxy groups -OCH3 is 1. The molecule has 1 heterocycles. The van der Waals surface area contributed by atoms with Gasteiger partial charge in [0, 0.05) is 18.0 Å². The number of benzene rings is 1. The third-order valence-corrected chi connectivity index (χ3v) is 3.07. The zero-order valence-corrected chi connectivity index (χ0v) is 11.5. The predicted octanol–water partition coefficient (Wildman–Crippen LogP) is 1.79. The molecule has 98 valence electrons. The second kappa shape index (κ2) is 5.24. The smallest absolute Gasteiger partial charge is 0.192 e. The van der Waals surface area contributed by atoms with Crippen LogP contribution in [0.15, 0.2) is 41.3 Å². The Morgan fingerprint density at radius 1 is 1.37 bits per heavy atom. The lowest BCUT2D eigenvalue weighted by atomic mass is 10.2. The molecule has 0 radical (unpaired) electrons. The largest absolute Gasteiger partial charge is 0.495 e. The molecule has 0 fully saturated rings. The average molecular weight is 274 g/mol. The van der Waals surface area contributed by atoms with Gasteiger partial charge in [0.05, 0.1) is 18.4 Å². The molecule has 1 aromatic carbocycles. The van der Waals surface area contributed by atoms with E-state index in [0.29, 0.717) is 11.3 Å². The van der Waals surface area contributed by atoms with Crippen LogP contribution < -0.4 is 15.9 Å². The number of hydrogen-bond acceptors (Lipinski definition) is 3. The van der Waals surface area contributed by atoms with Crippen LogP contribution in [0.5, 0.6) is 5.75 Å². The monoisotopic (exact) mass is 274 g/mol. The summed E-state index contributed by atoms with van der Waals surface area (Å²) in [4.78, 5) is 11.9. The van der Waals surface area contributed by atoms with Crippen molar-refractivity contribution >= 4 is 17.2 Å². The van der Waals surface area contributed by atoms with Crippen LogP contribution in [-0.2, 0) is 0 Å². The Bertz CT molecular complexity index is 692. The Hall–Kier alpha value is -2.14. The van der Waals surface area contributed by atoms with E-state index in [1.54, 1.807) is 13.3 Å². The lowest BCUT2D eigenvalue weighted by Crippen LogP contribution is -2.23. The molecule has 1 aromatic heterocycles. The number of nitrogens with zero attached hydrogens (tertiary/aromatic N) is 1. The first-order chi connectivity index (χ1) is 9.04. The van der Waals surface area contributed by atoms with Crippen LogP contribution in [0.3, 0.4) is 0 Å². The van der Waals surface area contributed by atoms with E-state index >= 15 is 0 Å². The van der Waals surface area contributed by atoms with Crippen LogP contribution in [0.2, 0.25) is 0 Å². The summed E-state index contributed by atoms with van der Waals surface area (Å²) >= 11 is 4.90. The normalized spacial score (nSPS) is 10.2. The van der Waals surface area contributed by atoms with Crippen molar-refractivity contribution < 1.29 is 4.74 Å². The predicted molar refractivity (Wildman–Crippen MR) is 79.2 cm³/mol. The van der Waals surface area contributed by atoms with Gasteiger partial charge in [-0.25, -0.2) is 0 Å². The summed E-state index contributed by atoms with van der Waals surface area (Å²) in [6.07, 6.45) is 1.65. The zero-order chi connectivity index (χ0) is 14.0. The van der Waals surface area contributed by atoms with Gasteiger partial charge in [-0.1, -0.05) is 24.4 Å². The van der Waals surface area contributed by atoms with E-state index in [1.165, 1.54) is 6.07 Å². The molecule has 0 saturated carbocycles. The maximum atomic E-state index is 11.8. The minimum Gasteiger partial charge on any atom is -0.495 e. The second-order valence-electron chi connectivity index (χ2n) is 4.10. The first kappa shape index (κ1) is 13.3. The Balaban J connectivity index is 2.72. The van der Waals surface area contributed by atoms with E-state index in [9.17, 15) is 4.79 Å². The molecule has 19 heavy (non-hydrogen) atoms. The number of pyridine rings is 1. The lowest BCUT2D eigenvalue weighted by molar-refractivity contribution is 0.412. The van der Waals surface area contributed by atoms with Gasteiger partial charge in [0.25, 0.3) is 0 Å². The van der Waals surface area contributed by atoms with Gasteiger partial charge < -0.3 is 15.0 Å². The van der Waals surface area contributed by atoms with Crippen LogP contribution in [0.4, 0.5) is 0 Å². The van der Waals surface area contributed by atoms with Gasteiger partial charge in [-0.15, -0.1) is 0 Å². The SMILES string of the molecule is COc1ccccc1-n1cc(C(N)=S)c(=O)cc1C. The minimum atomic E-state index is -0.170. The van der Waals surface area contributed by atoms with Crippen molar-refractivity contribution in [1.29, 1.82) is 0 Å². The molecule has 0 bridgehead atoms. The van der Waals surface area contributed by atoms with Crippen molar-refractivity contribution in [3.05, 3.63) is 58.0 Å².